The van der Waals surface area contributed by atoms with Crippen LogP contribution in [-0.4, -0.2) is 91.6 Å². The topological polar surface area (TPSA) is 232 Å². The Labute approximate surface area is 357 Å². The molecule has 6 amide bonds. The van der Waals surface area contributed by atoms with E-state index >= 15 is 0 Å². The Kier molecular flexibility index (Phi) is 24.5. The normalized spacial score (nSPS) is 13.9. The van der Waals surface area contributed by atoms with Crippen molar-refractivity contribution in [3.63, 3.8) is 0 Å². The van der Waals surface area contributed by atoms with Gasteiger partial charge < -0.3 is 41.9 Å². The molecule has 2 rings (SSSR count). The van der Waals surface area contributed by atoms with E-state index in [2.05, 4.69) is 58.8 Å². The molecule has 338 valence electrons. The summed E-state index contributed by atoms with van der Waals surface area (Å²) in [7, 11) is 0. The molecule has 2 aromatic heterocycles. The van der Waals surface area contributed by atoms with Gasteiger partial charge in [0, 0.05) is 37.7 Å². The molecule has 0 radical (unpaired) electrons. The Bertz CT molecular complexity index is 1550. The highest BCUT2D eigenvalue weighted by Gasteiger charge is 2.33. The third-order valence-corrected chi connectivity index (χ3v) is 10.4. The van der Waals surface area contributed by atoms with E-state index in [1.807, 2.05) is 27.7 Å². The zero-order valence-corrected chi connectivity index (χ0v) is 37.6. The minimum absolute atomic E-state index is 0.0139. The van der Waals surface area contributed by atoms with E-state index in [0.29, 0.717) is 17.8 Å². The monoisotopic (exact) mass is 841 g/mol. The number of aromatic nitrogens is 4. The fourth-order valence-corrected chi connectivity index (χ4v) is 6.83. The van der Waals surface area contributed by atoms with Crippen molar-refractivity contribution < 1.29 is 28.8 Å². The Hall–Kier alpha value is -4.76. The van der Waals surface area contributed by atoms with Gasteiger partial charge in [-0.1, -0.05) is 112 Å². The number of unbranched alkanes of at least 4 members (excludes halogenated alkanes) is 12. The number of carbonyl (C=O) groups is 6. The highest BCUT2D eigenvalue weighted by atomic mass is 16.2. The molecule has 16 nitrogen and oxygen atoms in total. The SMILES string of the molecule is CCCCCCCCCCCCCCCC(=O)N[C@H](C(=O)N[C@@H](Cc1c[nH]cn1)C(=O)N[C@@H](C)C(=O)N[C@H](C(=O)N[C@@H](Cc1c[nH]cn1)C(=O)NC(C)C)C(C)C)C(C)C. The van der Waals surface area contributed by atoms with Gasteiger partial charge in [-0.3, -0.25) is 28.8 Å². The van der Waals surface area contributed by atoms with Gasteiger partial charge in [0.1, 0.15) is 30.2 Å². The quantitative estimate of drug-likeness (QED) is 0.0496. The number of amides is 6. The second-order valence-electron chi connectivity index (χ2n) is 17.1. The van der Waals surface area contributed by atoms with Gasteiger partial charge in [-0.25, -0.2) is 9.97 Å². The lowest BCUT2D eigenvalue weighted by Crippen LogP contribution is -2.60. The predicted molar refractivity (Wildman–Crippen MR) is 233 cm³/mol. The van der Waals surface area contributed by atoms with Gasteiger partial charge in [0.05, 0.1) is 24.0 Å². The van der Waals surface area contributed by atoms with Gasteiger partial charge in [-0.05, 0) is 39.0 Å². The third kappa shape index (κ3) is 20.5. The summed E-state index contributed by atoms with van der Waals surface area (Å²) in [4.78, 5) is 94.5. The number of aromatic amines is 2. The number of H-pyrrole nitrogens is 2. The van der Waals surface area contributed by atoms with Crippen LogP contribution >= 0.6 is 0 Å². The lowest BCUT2D eigenvalue weighted by molar-refractivity contribution is -0.135. The maximum atomic E-state index is 13.7. The van der Waals surface area contributed by atoms with Crippen molar-refractivity contribution in [2.24, 2.45) is 11.8 Å². The molecule has 0 bridgehead atoms. The van der Waals surface area contributed by atoms with E-state index in [0.717, 1.165) is 25.7 Å². The molecule has 16 heteroatoms. The minimum Gasteiger partial charge on any atom is -0.352 e. The van der Waals surface area contributed by atoms with Crippen molar-refractivity contribution in [1.82, 2.24) is 51.8 Å². The van der Waals surface area contributed by atoms with Gasteiger partial charge in [0.2, 0.25) is 35.4 Å². The van der Waals surface area contributed by atoms with E-state index in [4.69, 9.17) is 0 Å². The Morgan fingerprint density at radius 1 is 0.500 bits per heavy atom. The van der Waals surface area contributed by atoms with Crippen molar-refractivity contribution in [1.29, 1.82) is 0 Å². The average molecular weight is 841 g/mol. The second-order valence-corrected chi connectivity index (χ2v) is 17.1. The minimum atomic E-state index is -1.14. The van der Waals surface area contributed by atoms with Crippen LogP contribution < -0.4 is 31.9 Å². The summed E-state index contributed by atoms with van der Waals surface area (Å²) in [5.74, 6) is -3.65. The molecule has 0 saturated heterocycles. The van der Waals surface area contributed by atoms with Crippen LogP contribution in [-0.2, 0) is 41.6 Å². The molecule has 0 spiro atoms. The number of imidazole rings is 2. The molecule has 5 atom stereocenters. The fraction of sp³-hybridized carbons (Fsp3) is 0.727. The van der Waals surface area contributed by atoms with Crippen molar-refractivity contribution in [2.75, 3.05) is 0 Å². The van der Waals surface area contributed by atoms with E-state index in [1.165, 1.54) is 77.4 Å². The van der Waals surface area contributed by atoms with Crippen LogP contribution in [0.15, 0.2) is 25.0 Å². The molecule has 0 fully saturated rings. The predicted octanol–water partition coefficient (Wildman–Crippen LogP) is 4.68. The summed E-state index contributed by atoms with van der Waals surface area (Å²) in [6, 6.07) is -5.31. The van der Waals surface area contributed by atoms with E-state index in [-0.39, 0.29) is 36.6 Å². The first kappa shape index (κ1) is 51.4. The van der Waals surface area contributed by atoms with Gasteiger partial charge in [-0.2, -0.15) is 0 Å². The van der Waals surface area contributed by atoms with Gasteiger partial charge >= 0.3 is 0 Å². The van der Waals surface area contributed by atoms with Crippen molar-refractivity contribution in [3.05, 3.63) is 36.4 Å². The first-order valence-corrected chi connectivity index (χ1v) is 22.4. The molecular weight excluding hydrogens is 765 g/mol. The maximum absolute atomic E-state index is 13.7. The Morgan fingerprint density at radius 3 is 1.32 bits per heavy atom. The van der Waals surface area contributed by atoms with Crippen molar-refractivity contribution in [2.45, 2.75) is 194 Å². The highest BCUT2D eigenvalue weighted by molar-refractivity contribution is 5.96. The summed E-state index contributed by atoms with van der Waals surface area (Å²) in [5, 5.41) is 16.6. The van der Waals surface area contributed by atoms with Crippen LogP contribution in [0.3, 0.4) is 0 Å². The molecule has 0 aliphatic carbocycles. The van der Waals surface area contributed by atoms with Crippen LogP contribution in [0.4, 0.5) is 0 Å². The maximum Gasteiger partial charge on any atom is 0.243 e. The molecule has 8 N–H and O–H groups in total. The number of hydrogen-bond acceptors (Lipinski definition) is 8. The van der Waals surface area contributed by atoms with Crippen LogP contribution in [0.1, 0.15) is 157 Å². The van der Waals surface area contributed by atoms with E-state index in [9.17, 15) is 28.8 Å². The first-order chi connectivity index (χ1) is 28.6. The van der Waals surface area contributed by atoms with E-state index < -0.39 is 59.7 Å². The van der Waals surface area contributed by atoms with Gasteiger partial charge in [0.15, 0.2) is 0 Å². The van der Waals surface area contributed by atoms with Crippen molar-refractivity contribution in [3.8, 4) is 0 Å². The highest BCUT2D eigenvalue weighted by Crippen LogP contribution is 2.14. The average Bonchev–Trinajstić information content (AvgIpc) is 3.91. The number of hydrogen-bond donors (Lipinski definition) is 8. The van der Waals surface area contributed by atoms with Crippen LogP contribution in [0, 0.1) is 11.8 Å². The second kappa shape index (κ2) is 28.7. The molecule has 0 aliphatic rings. The number of carbonyl (C=O) groups excluding carboxylic acids is 6. The van der Waals surface area contributed by atoms with Gasteiger partial charge in [0.25, 0.3) is 0 Å². The Morgan fingerprint density at radius 2 is 0.917 bits per heavy atom. The standard InChI is InChI=1S/C44H76N10O6/c1-9-10-11-12-13-14-15-16-17-18-19-20-21-22-37(55)53-38(29(2)3)43(59)52-36(24-34-26-46-28-48-34)42(58)50-32(8)40(56)54-39(30(4)5)44(60)51-35(41(57)49-31(6)7)23-33-25-45-27-47-33/h25-32,35-36,38-39H,9-24H2,1-8H3,(H,45,47)(H,46,48)(H,49,57)(H,50,58)(H,51,60)(H,52,59)(H,53,55)(H,54,56)/t32-,35-,36-,38-,39-/m0/s1. The third-order valence-electron chi connectivity index (χ3n) is 10.4. The lowest BCUT2D eigenvalue weighted by atomic mass is 10.0. The zero-order valence-electron chi connectivity index (χ0n) is 37.6. The smallest absolute Gasteiger partial charge is 0.243 e. The van der Waals surface area contributed by atoms with Crippen molar-refractivity contribution >= 4 is 35.4 Å². The molecule has 0 saturated carbocycles. The Balaban J connectivity index is 1.96. The molecule has 0 aliphatic heterocycles. The largest absolute Gasteiger partial charge is 0.352 e. The van der Waals surface area contributed by atoms with Crippen LogP contribution in [0.5, 0.6) is 0 Å². The summed E-state index contributed by atoms with van der Waals surface area (Å²) in [6.07, 6.45) is 22.3. The molecular formula is C44H76N10O6. The number of rotatable bonds is 31. The van der Waals surface area contributed by atoms with Crippen LogP contribution in [0.2, 0.25) is 0 Å². The number of nitrogens with one attached hydrogen (secondary N) is 8. The molecule has 60 heavy (non-hydrogen) atoms. The fourth-order valence-electron chi connectivity index (χ4n) is 6.83. The van der Waals surface area contributed by atoms with E-state index in [1.54, 1.807) is 26.2 Å². The summed E-state index contributed by atoms with van der Waals surface area (Å²) in [5.41, 5.74) is 1.08. The summed E-state index contributed by atoms with van der Waals surface area (Å²) < 4.78 is 0. The van der Waals surface area contributed by atoms with Gasteiger partial charge in [-0.15, -0.1) is 0 Å². The summed E-state index contributed by atoms with van der Waals surface area (Å²) >= 11 is 0. The molecule has 0 unspecified atom stereocenters. The number of nitrogens with zero attached hydrogens (tertiary/aromatic N) is 2. The molecule has 2 aromatic rings. The van der Waals surface area contributed by atoms with Crippen LogP contribution in [0.25, 0.3) is 0 Å². The summed E-state index contributed by atoms with van der Waals surface area (Å²) in [6.45, 7) is 14.5. The lowest BCUT2D eigenvalue weighted by Gasteiger charge is -2.28. The molecule has 0 aromatic carbocycles. The first-order valence-electron chi connectivity index (χ1n) is 22.4. The molecule has 2 heterocycles. The zero-order chi connectivity index (χ0) is 44.5.